The molecule has 0 saturated carbocycles. The van der Waals surface area contributed by atoms with Crippen LogP contribution in [-0.4, -0.2) is 21.5 Å². The summed E-state index contributed by atoms with van der Waals surface area (Å²) in [5.74, 6) is 0. The smallest absolute Gasteiger partial charge is 0.221 e. The lowest BCUT2D eigenvalue weighted by Crippen LogP contribution is -2.48. The van der Waals surface area contributed by atoms with Gasteiger partial charge in [0.15, 0.2) is 0 Å². The summed E-state index contributed by atoms with van der Waals surface area (Å²) in [6.45, 7) is 6.07. The quantitative estimate of drug-likeness (QED) is 0.738. The first-order valence-electron chi connectivity index (χ1n) is 6.12. The zero-order valence-corrected chi connectivity index (χ0v) is 11.4. The van der Waals surface area contributed by atoms with Gasteiger partial charge in [-0.15, -0.1) is 0 Å². The molecule has 90 valence electrons. The van der Waals surface area contributed by atoms with Crippen molar-refractivity contribution in [3.63, 3.8) is 0 Å². The molecule has 0 heterocycles. The fourth-order valence-electron chi connectivity index (χ4n) is 1.86. The number of rotatable bonds is 7. The summed E-state index contributed by atoms with van der Waals surface area (Å²) >= 11 is 0. The van der Waals surface area contributed by atoms with Crippen LogP contribution in [0.15, 0.2) is 30.3 Å². The van der Waals surface area contributed by atoms with E-state index in [0.29, 0.717) is 0 Å². The van der Waals surface area contributed by atoms with Crippen LogP contribution in [-0.2, 0) is 4.43 Å². The molecule has 16 heavy (non-hydrogen) atoms. The second kappa shape index (κ2) is 6.84. The standard InChI is InChI=1S/C13H23NOSi/c1-3-11-15-16(2,12-7-10-14)13-8-5-4-6-9-13/h4-6,8-9H,3,7,10-12,14H2,1-2H3. The van der Waals surface area contributed by atoms with Crippen LogP contribution < -0.4 is 10.9 Å². The lowest BCUT2D eigenvalue weighted by atomic mass is 10.4. The predicted octanol–water partition coefficient (Wildman–Crippen LogP) is 2.24. The Morgan fingerprint density at radius 2 is 1.94 bits per heavy atom. The first-order valence-corrected chi connectivity index (χ1v) is 8.74. The van der Waals surface area contributed by atoms with Gasteiger partial charge in [0, 0.05) is 6.61 Å². The maximum Gasteiger partial charge on any atom is 0.221 e. The van der Waals surface area contributed by atoms with E-state index in [2.05, 4.69) is 43.8 Å². The van der Waals surface area contributed by atoms with E-state index in [9.17, 15) is 0 Å². The molecule has 0 saturated heterocycles. The van der Waals surface area contributed by atoms with Gasteiger partial charge in [-0.2, -0.15) is 0 Å². The zero-order chi connectivity index (χ0) is 11.9. The van der Waals surface area contributed by atoms with Gasteiger partial charge in [0.05, 0.1) is 0 Å². The van der Waals surface area contributed by atoms with Gasteiger partial charge in [0.1, 0.15) is 0 Å². The third-order valence-electron chi connectivity index (χ3n) is 2.87. The Morgan fingerprint density at radius 1 is 1.25 bits per heavy atom. The Hall–Kier alpha value is -0.643. The van der Waals surface area contributed by atoms with Gasteiger partial charge >= 0.3 is 0 Å². The predicted molar refractivity (Wildman–Crippen MR) is 72.4 cm³/mol. The molecule has 1 unspecified atom stereocenters. The summed E-state index contributed by atoms with van der Waals surface area (Å²) in [5, 5.41) is 1.39. The lowest BCUT2D eigenvalue weighted by molar-refractivity contribution is 0.310. The van der Waals surface area contributed by atoms with Crippen molar-refractivity contribution >= 4 is 13.5 Å². The molecule has 3 heteroatoms. The van der Waals surface area contributed by atoms with Crippen LogP contribution >= 0.6 is 0 Å². The van der Waals surface area contributed by atoms with Crippen LogP contribution in [0, 0.1) is 0 Å². The van der Waals surface area contributed by atoms with Gasteiger partial charge in [-0.05, 0) is 37.2 Å². The summed E-state index contributed by atoms with van der Waals surface area (Å²) in [4.78, 5) is 0. The molecular weight excluding hydrogens is 214 g/mol. The van der Waals surface area contributed by atoms with Crippen LogP contribution in [0.1, 0.15) is 19.8 Å². The maximum absolute atomic E-state index is 6.15. The average molecular weight is 237 g/mol. The largest absolute Gasteiger partial charge is 0.413 e. The second-order valence-corrected chi connectivity index (χ2v) is 8.17. The molecule has 0 fully saturated rings. The van der Waals surface area contributed by atoms with Crippen LogP contribution in [0.3, 0.4) is 0 Å². The molecule has 0 aliphatic rings. The highest BCUT2D eigenvalue weighted by molar-refractivity contribution is 6.85. The normalized spacial score (nSPS) is 14.7. The van der Waals surface area contributed by atoms with Crippen molar-refractivity contribution in [3.8, 4) is 0 Å². The fraction of sp³-hybridized carbons (Fsp3) is 0.538. The summed E-state index contributed by atoms with van der Waals surface area (Å²) in [7, 11) is -1.75. The molecule has 0 spiro atoms. The van der Waals surface area contributed by atoms with Gasteiger partial charge in [0.25, 0.3) is 0 Å². The van der Waals surface area contributed by atoms with Gasteiger partial charge in [0.2, 0.25) is 8.32 Å². The fourth-order valence-corrected chi connectivity index (χ4v) is 4.89. The molecular formula is C13H23NOSi. The van der Waals surface area contributed by atoms with Crippen molar-refractivity contribution in [1.29, 1.82) is 0 Å². The molecule has 0 radical (unpaired) electrons. The van der Waals surface area contributed by atoms with Crippen LogP contribution in [0.25, 0.3) is 0 Å². The number of benzene rings is 1. The van der Waals surface area contributed by atoms with Crippen molar-refractivity contribution < 1.29 is 4.43 Å². The van der Waals surface area contributed by atoms with Gasteiger partial charge in [-0.1, -0.05) is 37.3 Å². The number of hydrogen-bond donors (Lipinski definition) is 1. The van der Waals surface area contributed by atoms with E-state index >= 15 is 0 Å². The zero-order valence-electron chi connectivity index (χ0n) is 10.4. The number of hydrogen-bond acceptors (Lipinski definition) is 2. The monoisotopic (exact) mass is 237 g/mol. The van der Waals surface area contributed by atoms with E-state index in [-0.39, 0.29) is 0 Å². The molecule has 1 rings (SSSR count). The van der Waals surface area contributed by atoms with Crippen LogP contribution in [0.5, 0.6) is 0 Å². The van der Waals surface area contributed by atoms with Crippen molar-refractivity contribution in [3.05, 3.63) is 30.3 Å². The van der Waals surface area contributed by atoms with E-state index in [1.165, 1.54) is 5.19 Å². The third kappa shape index (κ3) is 3.74. The highest BCUT2D eigenvalue weighted by Crippen LogP contribution is 2.14. The summed E-state index contributed by atoms with van der Waals surface area (Å²) < 4.78 is 6.15. The van der Waals surface area contributed by atoms with Gasteiger partial charge in [-0.3, -0.25) is 0 Å². The molecule has 0 amide bonds. The van der Waals surface area contributed by atoms with Crippen molar-refractivity contribution in [2.24, 2.45) is 5.73 Å². The van der Waals surface area contributed by atoms with E-state index < -0.39 is 8.32 Å². The summed E-state index contributed by atoms with van der Waals surface area (Å²) in [6, 6.07) is 11.8. The summed E-state index contributed by atoms with van der Waals surface area (Å²) in [6.07, 6.45) is 2.14. The molecule has 2 N–H and O–H groups in total. The topological polar surface area (TPSA) is 35.2 Å². The van der Waals surface area contributed by atoms with Gasteiger partial charge in [-0.25, -0.2) is 0 Å². The molecule has 0 aliphatic carbocycles. The molecule has 2 nitrogen and oxygen atoms in total. The first-order chi connectivity index (χ1) is 7.73. The Kier molecular flexibility index (Phi) is 5.73. The minimum absolute atomic E-state index is 0.755. The minimum Gasteiger partial charge on any atom is -0.413 e. The SMILES string of the molecule is CCCO[Si](C)(CCCN)c1ccccc1. The molecule has 1 atom stereocenters. The van der Waals surface area contributed by atoms with Crippen molar-refractivity contribution in [2.75, 3.05) is 13.2 Å². The third-order valence-corrected chi connectivity index (χ3v) is 6.57. The Bertz CT molecular complexity index is 281. The first kappa shape index (κ1) is 13.4. The van der Waals surface area contributed by atoms with Crippen LogP contribution in [0.4, 0.5) is 0 Å². The molecule has 1 aromatic carbocycles. The minimum atomic E-state index is -1.75. The van der Waals surface area contributed by atoms with Crippen molar-refractivity contribution in [2.45, 2.75) is 32.4 Å². The van der Waals surface area contributed by atoms with Gasteiger partial charge < -0.3 is 10.2 Å². The van der Waals surface area contributed by atoms with E-state index in [0.717, 1.165) is 32.0 Å². The van der Waals surface area contributed by atoms with Crippen LogP contribution in [0.2, 0.25) is 12.6 Å². The number of nitrogens with two attached hydrogens (primary N) is 1. The molecule has 0 aromatic heterocycles. The van der Waals surface area contributed by atoms with E-state index in [1.54, 1.807) is 0 Å². The highest BCUT2D eigenvalue weighted by atomic mass is 28.4. The lowest BCUT2D eigenvalue weighted by Gasteiger charge is -2.27. The Labute approximate surface area is 99.9 Å². The van der Waals surface area contributed by atoms with E-state index in [1.807, 2.05) is 0 Å². The Morgan fingerprint density at radius 3 is 2.50 bits per heavy atom. The highest BCUT2D eigenvalue weighted by Gasteiger charge is 2.30. The molecule has 1 aromatic rings. The molecule has 0 bridgehead atoms. The Balaban J connectivity index is 2.77. The summed E-state index contributed by atoms with van der Waals surface area (Å²) in [5.41, 5.74) is 5.61. The van der Waals surface area contributed by atoms with E-state index in [4.69, 9.17) is 10.2 Å². The second-order valence-electron chi connectivity index (χ2n) is 4.34. The maximum atomic E-state index is 6.15. The molecule has 0 aliphatic heterocycles. The van der Waals surface area contributed by atoms with Crippen molar-refractivity contribution in [1.82, 2.24) is 0 Å². The average Bonchev–Trinajstić information content (AvgIpc) is 2.35.